The van der Waals surface area contributed by atoms with Gasteiger partial charge in [-0.2, -0.15) is 0 Å². The van der Waals surface area contributed by atoms with Crippen molar-refractivity contribution in [2.75, 3.05) is 19.6 Å². The van der Waals surface area contributed by atoms with Crippen LogP contribution in [0.15, 0.2) is 22.8 Å². The Bertz CT molecular complexity index is 526. The quantitative estimate of drug-likeness (QED) is 0.671. The molecule has 0 saturated carbocycles. The standard InChI is InChI=1S/C17H28N4O3/c1-3-12(2)15(20-17(18)23)16(22)19-11-13(14-7-6-10-24-14)21-8-4-5-9-21/h6-7,10,12-13,15H,3-5,8-9,11H2,1-2H3,(H,19,22)(H3,18,20,23)/t12-,13-,15-/m0/s1. The highest BCUT2D eigenvalue weighted by Gasteiger charge is 2.29. The van der Waals surface area contributed by atoms with Crippen molar-refractivity contribution in [2.45, 2.75) is 45.2 Å². The summed E-state index contributed by atoms with van der Waals surface area (Å²) < 4.78 is 5.55. The molecule has 1 aromatic rings. The molecule has 0 aromatic carbocycles. The molecule has 0 unspecified atom stereocenters. The van der Waals surface area contributed by atoms with Crippen molar-refractivity contribution in [2.24, 2.45) is 11.7 Å². The molecule has 24 heavy (non-hydrogen) atoms. The zero-order chi connectivity index (χ0) is 17.5. The average Bonchev–Trinajstić information content (AvgIpc) is 3.25. The fourth-order valence-corrected chi connectivity index (χ4v) is 3.11. The lowest BCUT2D eigenvalue weighted by molar-refractivity contribution is -0.124. The van der Waals surface area contributed by atoms with Gasteiger partial charge in [-0.1, -0.05) is 20.3 Å². The van der Waals surface area contributed by atoms with Crippen LogP contribution in [-0.2, 0) is 4.79 Å². The van der Waals surface area contributed by atoms with Crippen LogP contribution in [0.5, 0.6) is 0 Å². The first-order valence-corrected chi connectivity index (χ1v) is 8.64. The average molecular weight is 336 g/mol. The number of furan rings is 1. The molecule has 7 nitrogen and oxygen atoms in total. The number of amides is 3. The van der Waals surface area contributed by atoms with Gasteiger partial charge in [-0.05, 0) is 44.0 Å². The molecule has 7 heteroatoms. The minimum absolute atomic E-state index is 0.00588. The van der Waals surface area contributed by atoms with Gasteiger partial charge in [0.2, 0.25) is 5.91 Å². The van der Waals surface area contributed by atoms with Gasteiger partial charge in [-0.25, -0.2) is 4.79 Å². The van der Waals surface area contributed by atoms with Gasteiger partial charge in [0, 0.05) is 6.54 Å². The van der Waals surface area contributed by atoms with E-state index in [0.29, 0.717) is 6.54 Å². The summed E-state index contributed by atoms with van der Waals surface area (Å²) in [6.07, 6.45) is 4.73. The van der Waals surface area contributed by atoms with Crippen LogP contribution in [0.3, 0.4) is 0 Å². The number of carbonyl (C=O) groups is 2. The largest absolute Gasteiger partial charge is 0.468 e. The molecule has 1 aromatic heterocycles. The minimum atomic E-state index is -0.683. The van der Waals surface area contributed by atoms with Gasteiger partial charge in [0.05, 0.1) is 12.3 Å². The molecule has 3 amide bonds. The predicted octanol–water partition coefficient (Wildman–Crippen LogP) is 1.62. The molecule has 0 bridgehead atoms. The Kier molecular flexibility index (Phi) is 6.66. The lowest BCUT2D eigenvalue weighted by Gasteiger charge is -2.28. The molecule has 134 valence electrons. The summed E-state index contributed by atoms with van der Waals surface area (Å²) in [5, 5.41) is 5.51. The van der Waals surface area contributed by atoms with Crippen molar-refractivity contribution in [3.8, 4) is 0 Å². The summed E-state index contributed by atoms with van der Waals surface area (Å²) in [5.41, 5.74) is 5.20. The number of nitrogens with two attached hydrogens (primary N) is 1. The lowest BCUT2D eigenvalue weighted by Crippen LogP contribution is -2.52. The first kappa shape index (κ1) is 18.3. The second-order valence-electron chi connectivity index (χ2n) is 6.39. The van der Waals surface area contributed by atoms with Gasteiger partial charge in [0.1, 0.15) is 11.8 Å². The van der Waals surface area contributed by atoms with E-state index in [1.165, 1.54) is 0 Å². The number of hydrogen-bond donors (Lipinski definition) is 3. The summed E-state index contributed by atoms with van der Waals surface area (Å²) in [4.78, 5) is 26.0. The maximum atomic E-state index is 12.5. The maximum Gasteiger partial charge on any atom is 0.312 e. The topological polar surface area (TPSA) is 101 Å². The molecular weight excluding hydrogens is 308 g/mol. The molecule has 0 aliphatic carbocycles. The summed E-state index contributed by atoms with van der Waals surface area (Å²) in [6, 6.07) is 2.50. The monoisotopic (exact) mass is 336 g/mol. The van der Waals surface area contributed by atoms with Crippen LogP contribution in [0.4, 0.5) is 4.79 Å². The molecule has 2 heterocycles. The van der Waals surface area contributed by atoms with Gasteiger partial charge in [0.25, 0.3) is 0 Å². The van der Waals surface area contributed by atoms with Gasteiger partial charge in [-0.3, -0.25) is 9.69 Å². The molecule has 1 fully saturated rings. The van der Waals surface area contributed by atoms with E-state index in [1.54, 1.807) is 6.26 Å². The van der Waals surface area contributed by atoms with Crippen molar-refractivity contribution >= 4 is 11.9 Å². The molecular formula is C17H28N4O3. The number of hydrogen-bond acceptors (Lipinski definition) is 4. The van der Waals surface area contributed by atoms with Gasteiger partial charge < -0.3 is 20.8 Å². The van der Waals surface area contributed by atoms with Gasteiger partial charge in [-0.15, -0.1) is 0 Å². The fraction of sp³-hybridized carbons (Fsp3) is 0.647. The van der Waals surface area contributed by atoms with E-state index in [-0.39, 0.29) is 17.9 Å². The van der Waals surface area contributed by atoms with Gasteiger partial charge >= 0.3 is 6.03 Å². The minimum Gasteiger partial charge on any atom is -0.468 e. The van der Waals surface area contributed by atoms with E-state index < -0.39 is 12.1 Å². The SMILES string of the molecule is CC[C@H](C)[C@H](NC(N)=O)C(=O)NC[C@@H](c1ccco1)N1CCCC1. The second kappa shape index (κ2) is 8.73. The van der Waals surface area contributed by atoms with E-state index in [4.69, 9.17) is 10.2 Å². The van der Waals surface area contributed by atoms with Gasteiger partial charge in [0.15, 0.2) is 0 Å². The van der Waals surface area contributed by atoms with E-state index >= 15 is 0 Å². The Balaban J connectivity index is 2.01. The van der Waals surface area contributed by atoms with Crippen molar-refractivity contribution in [1.29, 1.82) is 0 Å². The van der Waals surface area contributed by atoms with Crippen molar-refractivity contribution in [1.82, 2.24) is 15.5 Å². The van der Waals surface area contributed by atoms with Crippen LogP contribution >= 0.6 is 0 Å². The van der Waals surface area contributed by atoms with Crippen LogP contribution in [0, 0.1) is 5.92 Å². The summed E-state index contributed by atoms with van der Waals surface area (Å²) in [5.74, 6) is 0.644. The number of nitrogens with zero attached hydrogens (tertiary/aromatic N) is 1. The lowest BCUT2D eigenvalue weighted by atomic mass is 9.98. The number of likely N-dealkylation sites (tertiary alicyclic amines) is 1. The van der Waals surface area contributed by atoms with Crippen LogP contribution < -0.4 is 16.4 Å². The molecule has 2 rings (SSSR count). The Morgan fingerprint density at radius 1 is 1.38 bits per heavy atom. The zero-order valence-corrected chi connectivity index (χ0v) is 14.5. The summed E-state index contributed by atoms with van der Waals surface area (Å²) >= 11 is 0. The first-order chi connectivity index (χ1) is 11.5. The van der Waals surface area contributed by atoms with Crippen molar-refractivity contribution < 1.29 is 14.0 Å². The Morgan fingerprint density at radius 3 is 2.62 bits per heavy atom. The van der Waals surface area contributed by atoms with Crippen LogP contribution in [0.25, 0.3) is 0 Å². The predicted molar refractivity (Wildman–Crippen MR) is 91.2 cm³/mol. The highest BCUT2D eigenvalue weighted by molar-refractivity contribution is 5.86. The number of carbonyl (C=O) groups excluding carboxylic acids is 2. The number of urea groups is 1. The van der Waals surface area contributed by atoms with E-state index in [0.717, 1.165) is 38.1 Å². The smallest absolute Gasteiger partial charge is 0.312 e. The third kappa shape index (κ3) is 4.74. The maximum absolute atomic E-state index is 12.5. The third-order valence-electron chi connectivity index (χ3n) is 4.72. The molecule has 0 radical (unpaired) electrons. The van der Waals surface area contributed by atoms with Crippen LogP contribution in [-0.4, -0.2) is 42.5 Å². The Labute approximate surface area is 142 Å². The van der Waals surface area contributed by atoms with E-state index in [1.807, 2.05) is 26.0 Å². The Morgan fingerprint density at radius 2 is 2.08 bits per heavy atom. The zero-order valence-electron chi connectivity index (χ0n) is 14.5. The van der Waals surface area contributed by atoms with Crippen LogP contribution in [0.1, 0.15) is 44.9 Å². The molecule has 3 atom stereocenters. The highest BCUT2D eigenvalue weighted by Crippen LogP contribution is 2.25. The first-order valence-electron chi connectivity index (χ1n) is 8.64. The number of nitrogens with one attached hydrogen (secondary N) is 2. The highest BCUT2D eigenvalue weighted by atomic mass is 16.3. The molecule has 0 spiro atoms. The molecule has 1 saturated heterocycles. The molecule has 4 N–H and O–H groups in total. The van der Waals surface area contributed by atoms with E-state index in [9.17, 15) is 9.59 Å². The summed E-state index contributed by atoms with van der Waals surface area (Å²) in [7, 11) is 0. The second-order valence-corrected chi connectivity index (χ2v) is 6.39. The van der Waals surface area contributed by atoms with Crippen LogP contribution in [0.2, 0.25) is 0 Å². The van der Waals surface area contributed by atoms with E-state index in [2.05, 4.69) is 15.5 Å². The molecule has 1 aliphatic rings. The van der Waals surface area contributed by atoms with Crippen molar-refractivity contribution in [3.63, 3.8) is 0 Å². The van der Waals surface area contributed by atoms with Crippen molar-refractivity contribution in [3.05, 3.63) is 24.2 Å². The third-order valence-corrected chi connectivity index (χ3v) is 4.72. The summed E-state index contributed by atoms with van der Waals surface area (Å²) in [6.45, 7) is 6.33. The molecule has 1 aliphatic heterocycles. The number of rotatable bonds is 8. The fourth-order valence-electron chi connectivity index (χ4n) is 3.11. The normalized spacial score (nSPS) is 18.8. The number of primary amides is 1. The Hall–Kier alpha value is -2.02.